The van der Waals surface area contributed by atoms with E-state index in [2.05, 4.69) is 10.4 Å². The van der Waals surface area contributed by atoms with Gasteiger partial charge in [0.2, 0.25) is 5.91 Å². The topological polar surface area (TPSA) is 121 Å². The Kier molecular flexibility index (Phi) is 6.34. The molecule has 2 heterocycles. The third kappa shape index (κ3) is 4.88. The van der Waals surface area contributed by atoms with Crippen LogP contribution in [0, 0.1) is 0 Å². The molecular weight excluding hydrogens is 410 g/mol. The van der Waals surface area contributed by atoms with Gasteiger partial charge in [-0.15, -0.1) is 0 Å². The fourth-order valence-electron chi connectivity index (χ4n) is 3.62. The molecule has 0 saturated heterocycles. The summed E-state index contributed by atoms with van der Waals surface area (Å²) >= 11 is 0. The highest BCUT2D eigenvalue weighted by atomic mass is 16.5. The van der Waals surface area contributed by atoms with Crippen LogP contribution in [0.5, 0.6) is 11.5 Å². The number of benzene rings is 2. The minimum Gasteiger partial charge on any atom is -0.457 e. The van der Waals surface area contributed by atoms with Crippen molar-refractivity contribution in [3.8, 4) is 11.5 Å². The Morgan fingerprint density at radius 2 is 1.66 bits per heavy atom. The van der Waals surface area contributed by atoms with Crippen LogP contribution >= 0.6 is 0 Å². The molecule has 1 aromatic heterocycles. The van der Waals surface area contributed by atoms with E-state index in [-0.39, 0.29) is 11.6 Å². The van der Waals surface area contributed by atoms with E-state index in [4.69, 9.17) is 10.5 Å². The molecule has 4 rings (SSSR count). The number of nitrogens with zero attached hydrogens (tertiary/aromatic N) is 3. The second-order valence-corrected chi connectivity index (χ2v) is 7.66. The van der Waals surface area contributed by atoms with Crippen LogP contribution in [0.15, 0.2) is 53.3 Å². The standard InChI is InChI=1S/C23H25N5O4/c24-21(29)16-5-9-18(10-6-16)32-19-11-7-17(8-12-19)22(30)25-13-3-15-28-23(31)27-14-2-1-4-20(27)26-28/h5-12H,1-4,13-15H2,(H2,24,29)(H,25,30). The SMILES string of the molecule is NC(=O)c1ccc(Oc2ccc(C(=O)NCCCn3nc4n(c3=O)CCCC4)cc2)cc1. The summed E-state index contributed by atoms with van der Waals surface area (Å²) in [4.78, 5) is 35.8. The molecule has 3 N–H and O–H groups in total. The average Bonchev–Trinajstić information content (AvgIpc) is 3.13. The molecule has 0 spiro atoms. The van der Waals surface area contributed by atoms with Crippen molar-refractivity contribution < 1.29 is 14.3 Å². The van der Waals surface area contributed by atoms with Gasteiger partial charge in [-0.1, -0.05) is 0 Å². The summed E-state index contributed by atoms with van der Waals surface area (Å²) < 4.78 is 8.96. The van der Waals surface area contributed by atoms with Crippen LogP contribution in [0.1, 0.15) is 45.8 Å². The Hall–Kier alpha value is -3.88. The summed E-state index contributed by atoms with van der Waals surface area (Å²) in [5.74, 6) is 1.29. The molecule has 3 aromatic rings. The Morgan fingerprint density at radius 1 is 1.00 bits per heavy atom. The lowest BCUT2D eigenvalue weighted by Crippen LogP contribution is -2.29. The summed E-state index contributed by atoms with van der Waals surface area (Å²) in [6.07, 6.45) is 3.54. The molecule has 166 valence electrons. The van der Waals surface area contributed by atoms with Crippen LogP contribution in [0.3, 0.4) is 0 Å². The zero-order chi connectivity index (χ0) is 22.5. The molecule has 0 fully saturated rings. The van der Waals surface area contributed by atoms with Crippen molar-refractivity contribution >= 4 is 11.8 Å². The minimum absolute atomic E-state index is 0.0640. The molecule has 2 amide bonds. The average molecular weight is 435 g/mol. The van der Waals surface area contributed by atoms with E-state index in [1.165, 1.54) is 4.68 Å². The molecule has 0 aliphatic carbocycles. The number of hydrogen-bond acceptors (Lipinski definition) is 5. The van der Waals surface area contributed by atoms with Crippen LogP contribution < -0.4 is 21.5 Å². The number of aromatic nitrogens is 3. The third-order valence-electron chi connectivity index (χ3n) is 5.35. The van der Waals surface area contributed by atoms with E-state index in [1.807, 2.05) is 0 Å². The molecule has 9 heteroatoms. The molecule has 0 saturated carbocycles. The van der Waals surface area contributed by atoms with Crippen molar-refractivity contribution in [1.29, 1.82) is 0 Å². The van der Waals surface area contributed by atoms with Crippen molar-refractivity contribution in [1.82, 2.24) is 19.7 Å². The van der Waals surface area contributed by atoms with Gasteiger partial charge in [-0.25, -0.2) is 9.48 Å². The number of amides is 2. The quantitative estimate of drug-likeness (QED) is 0.525. The number of nitrogens with two attached hydrogens (primary N) is 1. The molecule has 0 radical (unpaired) electrons. The monoisotopic (exact) mass is 435 g/mol. The first kappa shape index (κ1) is 21.4. The van der Waals surface area contributed by atoms with E-state index < -0.39 is 5.91 Å². The van der Waals surface area contributed by atoms with Gasteiger partial charge in [-0.3, -0.25) is 14.2 Å². The van der Waals surface area contributed by atoms with E-state index in [1.54, 1.807) is 53.1 Å². The van der Waals surface area contributed by atoms with Gasteiger partial charge >= 0.3 is 5.69 Å². The molecule has 9 nitrogen and oxygen atoms in total. The van der Waals surface area contributed by atoms with Gasteiger partial charge in [-0.2, -0.15) is 5.10 Å². The third-order valence-corrected chi connectivity index (χ3v) is 5.35. The van der Waals surface area contributed by atoms with Gasteiger partial charge in [0, 0.05) is 37.2 Å². The first-order valence-corrected chi connectivity index (χ1v) is 10.6. The van der Waals surface area contributed by atoms with Crippen LogP contribution in [0.4, 0.5) is 0 Å². The van der Waals surface area contributed by atoms with Gasteiger partial charge in [0.05, 0.1) is 0 Å². The molecule has 0 atom stereocenters. The second kappa shape index (κ2) is 9.51. The van der Waals surface area contributed by atoms with Gasteiger partial charge < -0.3 is 15.8 Å². The summed E-state index contributed by atoms with van der Waals surface area (Å²) in [6, 6.07) is 13.2. The highest BCUT2D eigenvalue weighted by molar-refractivity contribution is 5.94. The lowest BCUT2D eigenvalue weighted by Gasteiger charge is -2.09. The highest BCUT2D eigenvalue weighted by Gasteiger charge is 2.16. The van der Waals surface area contributed by atoms with Crippen molar-refractivity contribution in [3.05, 3.63) is 76.0 Å². The maximum absolute atomic E-state index is 12.4. The summed E-state index contributed by atoms with van der Waals surface area (Å²) in [6.45, 7) is 1.65. The van der Waals surface area contributed by atoms with E-state index in [9.17, 15) is 14.4 Å². The smallest absolute Gasteiger partial charge is 0.345 e. The van der Waals surface area contributed by atoms with Crippen LogP contribution in [-0.4, -0.2) is 32.7 Å². The van der Waals surface area contributed by atoms with Gasteiger partial charge in [0.1, 0.15) is 17.3 Å². The molecule has 0 unspecified atom stereocenters. The lowest BCUT2D eigenvalue weighted by atomic mass is 10.2. The summed E-state index contributed by atoms with van der Waals surface area (Å²) in [5, 5.41) is 7.26. The fourth-order valence-corrected chi connectivity index (χ4v) is 3.62. The minimum atomic E-state index is -0.497. The molecule has 1 aliphatic heterocycles. The fraction of sp³-hybridized carbons (Fsp3) is 0.304. The Morgan fingerprint density at radius 3 is 2.28 bits per heavy atom. The predicted molar refractivity (Wildman–Crippen MR) is 118 cm³/mol. The maximum Gasteiger partial charge on any atom is 0.345 e. The second-order valence-electron chi connectivity index (χ2n) is 7.66. The molecule has 2 aromatic carbocycles. The van der Waals surface area contributed by atoms with E-state index in [0.29, 0.717) is 42.1 Å². The van der Waals surface area contributed by atoms with Crippen LogP contribution in [0.2, 0.25) is 0 Å². The number of rotatable bonds is 8. The van der Waals surface area contributed by atoms with Crippen molar-refractivity contribution in [3.63, 3.8) is 0 Å². The number of hydrogen-bond donors (Lipinski definition) is 2. The Balaban J connectivity index is 1.25. The van der Waals surface area contributed by atoms with E-state index >= 15 is 0 Å². The summed E-state index contributed by atoms with van der Waals surface area (Å²) in [5.41, 5.74) is 6.08. The van der Waals surface area contributed by atoms with Crippen molar-refractivity contribution in [2.24, 2.45) is 5.73 Å². The van der Waals surface area contributed by atoms with Gasteiger partial charge in [-0.05, 0) is 67.8 Å². The Bertz CT molecular complexity index is 1160. The largest absolute Gasteiger partial charge is 0.457 e. The van der Waals surface area contributed by atoms with Crippen molar-refractivity contribution in [2.45, 2.75) is 38.8 Å². The lowest BCUT2D eigenvalue weighted by molar-refractivity contribution is 0.0951. The van der Waals surface area contributed by atoms with Crippen LogP contribution in [-0.2, 0) is 19.5 Å². The number of ether oxygens (including phenoxy) is 1. The number of carbonyl (C=O) groups excluding carboxylic acids is 2. The normalized spacial score (nSPS) is 12.8. The van der Waals surface area contributed by atoms with Gasteiger partial charge in [0.25, 0.3) is 5.91 Å². The molecule has 0 bridgehead atoms. The summed E-state index contributed by atoms with van der Waals surface area (Å²) in [7, 11) is 0. The highest BCUT2D eigenvalue weighted by Crippen LogP contribution is 2.22. The number of carbonyl (C=O) groups is 2. The molecule has 1 aliphatic rings. The number of primary amides is 1. The molecule has 32 heavy (non-hydrogen) atoms. The first-order chi connectivity index (χ1) is 15.5. The predicted octanol–water partition coefficient (Wildman–Crippen LogP) is 2.09. The van der Waals surface area contributed by atoms with E-state index in [0.717, 1.165) is 31.6 Å². The van der Waals surface area contributed by atoms with Crippen LogP contribution in [0.25, 0.3) is 0 Å². The zero-order valence-corrected chi connectivity index (χ0v) is 17.6. The molecular formula is C23H25N5O4. The number of fused-ring (bicyclic) bond motifs is 1. The maximum atomic E-state index is 12.4. The number of nitrogens with one attached hydrogen (secondary N) is 1. The Labute approximate surface area is 184 Å². The number of aryl methyl sites for hydroxylation is 2. The van der Waals surface area contributed by atoms with Crippen molar-refractivity contribution in [2.75, 3.05) is 6.54 Å². The zero-order valence-electron chi connectivity index (χ0n) is 17.6. The first-order valence-electron chi connectivity index (χ1n) is 10.6. The van der Waals surface area contributed by atoms with Gasteiger partial charge in [0.15, 0.2) is 0 Å².